The Balaban J connectivity index is 1.51. The van der Waals surface area contributed by atoms with Gasteiger partial charge in [0.15, 0.2) is 0 Å². The van der Waals surface area contributed by atoms with Crippen LogP contribution in [0.5, 0.6) is 0 Å². The normalized spacial score (nSPS) is 16.5. The first-order valence-corrected chi connectivity index (χ1v) is 10.6. The number of hydrogen-bond donors (Lipinski definition) is 1. The molecule has 134 valence electrons. The first-order chi connectivity index (χ1) is 12.6. The number of aryl methyl sites for hydroxylation is 2. The first kappa shape index (κ1) is 17.5. The van der Waals surface area contributed by atoms with Crippen LogP contribution in [0, 0.1) is 12.8 Å². The van der Waals surface area contributed by atoms with Crippen molar-refractivity contribution in [2.45, 2.75) is 38.1 Å². The summed E-state index contributed by atoms with van der Waals surface area (Å²) in [6.45, 7) is 4.33. The summed E-state index contributed by atoms with van der Waals surface area (Å²) in [5, 5.41) is 5.07. The predicted octanol–water partition coefficient (Wildman–Crippen LogP) is 4.86. The fourth-order valence-corrected chi connectivity index (χ4v) is 5.65. The van der Waals surface area contributed by atoms with E-state index in [2.05, 4.69) is 22.2 Å². The third-order valence-electron chi connectivity index (χ3n) is 4.70. The lowest BCUT2D eigenvalue weighted by Crippen LogP contribution is -2.14. The number of carbonyl (C=O) groups excluding carboxylic acids is 1. The van der Waals surface area contributed by atoms with E-state index in [9.17, 15) is 4.79 Å². The SMILES string of the molecule is Cc1cccc(NC(=O)CSc2ncnc3sc4c(c23)CC[C@@H](C)C4)c1. The van der Waals surface area contributed by atoms with E-state index < -0.39 is 0 Å². The molecule has 1 aliphatic rings. The van der Waals surface area contributed by atoms with Gasteiger partial charge >= 0.3 is 0 Å². The maximum atomic E-state index is 12.3. The van der Waals surface area contributed by atoms with Gasteiger partial charge in [0.2, 0.25) is 5.91 Å². The van der Waals surface area contributed by atoms with Crippen molar-refractivity contribution in [1.29, 1.82) is 0 Å². The molecule has 0 radical (unpaired) electrons. The molecule has 1 aromatic carbocycles. The molecule has 0 spiro atoms. The Morgan fingerprint density at radius 2 is 2.27 bits per heavy atom. The van der Waals surface area contributed by atoms with Crippen LogP contribution in [0.1, 0.15) is 29.3 Å². The highest BCUT2D eigenvalue weighted by Gasteiger charge is 2.23. The van der Waals surface area contributed by atoms with Gasteiger partial charge in [-0.25, -0.2) is 9.97 Å². The fourth-order valence-electron chi connectivity index (χ4n) is 3.41. The molecule has 4 nitrogen and oxygen atoms in total. The minimum absolute atomic E-state index is 0.00918. The highest BCUT2D eigenvalue weighted by molar-refractivity contribution is 8.00. The molecule has 2 heterocycles. The monoisotopic (exact) mass is 383 g/mol. The summed E-state index contributed by atoms with van der Waals surface area (Å²) in [6.07, 6.45) is 5.06. The Labute approximate surface area is 161 Å². The number of aromatic nitrogens is 2. The third-order valence-corrected chi connectivity index (χ3v) is 6.85. The number of benzene rings is 1. The van der Waals surface area contributed by atoms with E-state index in [0.29, 0.717) is 5.75 Å². The Morgan fingerprint density at radius 1 is 1.38 bits per heavy atom. The largest absolute Gasteiger partial charge is 0.325 e. The number of rotatable bonds is 4. The number of nitrogens with zero attached hydrogens (tertiary/aromatic N) is 2. The van der Waals surface area contributed by atoms with Gasteiger partial charge in [0.25, 0.3) is 0 Å². The van der Waals surface area contributed by atoms with Crippen LogP contribution in [0.3, 0.4) is 0 Å². The van der Waals surface area contributed by atoms with Crippen molar-refractivity contribution in [1.82, 2.24) is 9.97 Å². The molecule has 6 heteroatoms. The summed E-state index contributed by atoms with van der Waals surface area (Å²) in [6, 6.07) is 7.85. The second-order valence-electron chi connectivity index (χ2n) is 6.92. The number of fused-ring (bicyclic) bond motifs is 3. The quantitative estimate of drug-likeness (QED) is 0.517. The molecule has 0 fully saturated rings. The zero-order valence-electron chi connectivity index (χ0n) is 14.9. The summed E-state index contributed by atoms with van der Waals surface area (Å²) in [4.78, 5) is 23.8. The van der Waals surface area contributed by atoms with E-state index in [1.54, 1.807) is 17.7 Å². The van der Waals surface area contributed by atoms with Gasteiger partial charge in [-0.05, 0) is 55.4 Å². The molecule has 3 aromatic rings. The maximum absolute atomic E-state index is 12.3. The smallest absolute Gasteiger partial charge is 0.234 e. The van der Waals surface area contributed by atoms with Crippen LogP contribution in [0.4, 0.5) is 5.69 Å². The van der Waals surface area contributed by atoms with Crippen LogP contribution in [0.2, 0.25) is 0 Å². The number of hydrogen-bond acceptors (Lipinski definition) is 5. The summed E-state index contributed by atoms with van der Waals surface area (Å²) in [5.74, 6) is 1.07. The first-order valence-electron chi connectivity index (χ1n) is 8.84. The van der Waals surface area contributed by atoms with Crippen LogP contribution in [-0.4, -0.2) is 21.6 Å². The van der Waals surface area contributed by atoms with Crippen molar-refractivity contribution in [2.24, 2.45) is 5.92 Å². The molecule has 4 rings (SSSR count). The van der Waals surface area contributed by atoms with Crippen molar-refractivity contribution in [3.05, 3.63) is 46.6 Å². The zero-order chi connectivity index (χ0) is 18.1. The van der Waals surface area contributed by atoms with Crippen LogP contribution in [0.15, 0.2) is 35.6 Å². The second-order valence-corrected chi connectivity index (χ2v) is 8.96. The predicted molar refractivity (Wildman–Crippen MR) is 109 cm³/mol. The lowest BCUT2D eigenvalue weighted by molar-refractivity contribution is -0.113. The van der Waals surface area contributed by atoms with Crippen LogP contribution in [0.25, 0.3) is 10.2 Å². The molecule has 1 aliphatic carbocycles. The highest BCUT2D eigenvalue weighted by atomic mass is 32.2. The second kappa shape index (κ2) is 7.37. The molecule has 26 heavy (non-hydrogen) atoms. The third kappa shape index (κ3) is 3.62. The van der Waals surface area contributed by atoms with Crippen molar-refractivity contribution in [3.8, 4) is 0 Å². The lowest BCUT2D eigenvalue weighted by Gasteiger charge is -2.18. The van der Waals surface area contributed by atoms with Gasteiger partial charge in [0, 0.05) is 16.0 Å². The molecule has 0 saturated carbocycles. The molecule has 0 aliphatic heterocycles. The number of anilines is 1. The number of nitrogens with one attached hydrogen (secondary N) is 1. The van der Waals surface area contributed by atoms with E-state index in [4.69, 9.17) is 0 Å². The molecule has 0 unspecified atom stereocenters. The van der Waals surface area contributed by atoms with Crippen LogP contribution < -0.4 is 5.32 Å². The van der Waals surface area contributed by atoms with Crippen LogP contribution in [-0.2, 0) is 17.6 Å². The van der Waals surface area contributed by atoms with Crippen molar-refractivity contribution in [2.75, 3.05) is 11.1 Å². The van der Waals surface area contributed by atoms with Gasteiger partial charge in [0.1, 0.15) is 16.2 Å². The standard InChI is InChI=1S/C20H21N3OS2/c1-12-4-3-5-14(8-12)23-17(24)10-25-19-18-15-7-6-13(2)9-16(15)26-20(18)22-11-21-19/h3-5,8,11,13H,6-7,9-10H2,1-2H3,(H,23,24)/t13-/m1/s1. The summed E-state index contributed by atoms with van der Waals surface area (Å²) >= 11 is 3.29. The molecule has 1 N–H and O–H groups in total. The van der Waals surface area contributed by atoms with E-state index in [1.807, 2.05) is 31.2 Å². The number of thiophene rings is 1. The van der Waals surface area contributed by atoms with Gasteiger partial charge < -0.3 is 5.32 Å². The Morgan fingerprint density at radius 3 is 3.12 bits per heavy atom. The molecule has 1 atom stereocenters. The summed E-state index contributed by atoms with van der Waals surface area (Å²) < 4.78 is 0. The molecular formula is C20H21N3OS2. The molecule has 0 saturated heterocycles. The van der Waals surface area contributed by atoms with Gasteiger partial charge in [-0.15, -0.1) is 11.3 Å². The van der Waals surface area contributed by atoms with Gasteiger partial charge in [-0.1, -0.05) is 30.8 Å². The van der Waals surface area contributed by atoms with E-state index in [0.717, 1.165) is 39.9 Å². The maximum Gasteiger partial charge on any atom is 0.234 e. The Hall–Kier alpha value is -1.92. The average molecular weight is 384 g/mol. The van der Waals surface area contributed by atoms with Crippen molar-refractivity contribution in [3.63, 3.8) is 0 Å². The topological polar surface area (TPSA) is 54.9 Å². The number of carbonyl (C=O) groups is 1. The molecule has 0 bridgehead atoms. The Bertz CT molecular complexity index is 967. The van der Waals surface area contributed by atoms with E-state index in [1.165, 1.54) is 34.0 Å². The van der Waals surface area contributed by atoms with Crippen molar-refractivity contribution >= 4 is 44.9 Å². The molecule has 2 aromatic heterocycles. The van der Waals surface area contributed by atoms with Gasteiger partial charge in [-0.2, -0.15) is 0 Å². The highest BCUT2D eigenvalue weighted by Crippen LogP contribution is 2.40. The lowest BCUT2D eigenvalue weighted by atomic mass is 9.89. The Kier molecular flexibility index (Phi) is 4.96. The fraction of sp³-hybridized carbons (Fsp3) is 0.350. The minimum Gasteiger partial charge on any atom is -0.325 e. The van der Waals surface area contributed by atoms with Crippen molar-refractivity contribution < 1.29 is 4.79 Å². The minimum atomic E-state index is -0.00918. The van der Waals surface area contributed by atoms with E-state index in [-0.39, 0.29) is 5.91 Å². The zero-order valence-corrected chi connectivity index (χ0v) is 16.5. The van der Waals surface area contributed by atoms with Gasteiger partial charge in [-0.3, -0.25) is 4.79 Å². The summed E-state index contributed by atoms with van der Waals surface area (Å²) in [7, 11) is 0. The summed E-state index contributed by atoms with van der Waals surface area (Å²) in [5.41, 5.74) is 3.38. The van der Waals surface area contributed by atoms with Crippen LogP contribution >= 0.6 is 23.1 Å². The molecular weight excluding hydrogens is 362 g/mol. The average Bonchev–Trinajstić information content (AvgIpc) is 2.98. The number of thioether (sulfide) groups is 1. The van der Waals surface area contributed by atoms with Gasteiger partial charge in [0.05, 0.1) is 5.75 Å². The number of amides is 1. The molecule has 1 amide bonds. The van der Waals surface area contributed by atoms with E-state index >= 15 is 0 Å².